The number of carbonyl (C=O) groups is 2. The van der Waals surface area contributed by atoms with Crippen molar-refractivity contribution >= 4 is 56.9 Å². The zero-order chi connectivity index (χ0) is 19.0. The number of anilines is 1. The van der Waals surface area contributed by atoms with E-state index in [1.165, 1.54) is 12.1 Å². The van der Waals surface area contributed by atoms with Gasteiger partial charge in [-0.2, -0.15) is 0 Å². The largest absolute Gasteiger partial charge is 0.506 e. The normalized spacial score (nSPS) is 15.5. The number of nitrogens with one attached hydrogen (secondary N) is 1. The number of amides is 3. The minimum atomic E-state index is -0.701. The van der Waals surface area contributed by atoms with E-state index in [-0.39, 0.29) is 32.9 Å². The Kier molecular flexibility index (Phi) is 4.66. The van der Waals surface area contributed by atoms with Crippen LogP contribution in [0.1, 0.15) is 5.56 Å². The number of nitro groups is 1. The second kappa shape index (κ2) is 6.77. The summed E-state index contributed by atoms with van der Waals surface area (Å²) in [6.45, 7) is 0. The Morgan fingerprint density at radius 1 is 1.27 bits per heavy atom. The van der Waals surface area contributed by atoms with E-state index in [0.717, 1.165) is 23.1 Å². The highest BCUT2D eigenvalue weighted by atomic mass is 79.9. The Balaban J connectivity index is 2.02. The summed E-state index contributed by atoms with van der Waals surface area (Å²) in [5, 5.41) is 23.8. The molecule has 8 nitrogen and oxygen atoms in total. The number of carbonyl (C=O) groups excluding carboxylic acids is 2. The van der Waals surface area contributed by atoms with Gasteiger partial charge in [0, 0.05) is 22.7 Å². The third-order valence-electron chi connectivity index (χ3n) is 3.53. The van der Waals surface area contributed by atoms with E-state index in [2.05, 4.69) is 21.2 Å². The van der Waals surface area contributed by atoms with Crippen molar-refractivity contribution in [3.05, 3.63) is 67.3 Å². The maximum Gasteiger partial charge on any atom is 0.333 e. The van der Waals surface area contributed by atoms with Gasteiger partial charge in [0.1, 0.15) is 11.4 Å². The average molecular weight is 439 g/mol. The molecule has 1 saturated heterocycles. The molecule has 2 aromatic carbocycles. The molecular weight excluding hydrogens is 430 g/mol. The summed E-state index contributed by atoms with van der Waals surface area (Å²) in [7, 11) is 0. The van der Waals surface area contributed by atoms with Crippen LogP contribution in [0.4, 0.5) is 16.2 Å². The predicted molar refractivity (Wildman–Crippen MR) is 97.9 cm³/mol. The molecule has 0 saturated carbocycles. The van der Waals surface area contributed by atoms with Crippen molar-refractivity contribution in [1.29, 1.82) is 0 Å². The topological polar surface area (TPSA) is 113 Å². The van der Waals surface area contributed by atoms with Gasteiger partial charge in [-0.25, -0.2) is 9.69 Å². The van der Waals surface area contributed by atoms with Crippen molar-refractivity contribution in [1.82, 2.24) is 5.32 Å². The molecule has 0 unspecified atom stereocenters. The lowest BCUT2D eigenvalue weighted by atomic mass is 10.1. The van der Waals surface area contributed by atoms with Crippen LogP contribution in [0.15, 0.2) is 46.6 Å². The van der Waals surface area contributed by atoms with Crippen LogP contribution in [0.2, 0.25) is 5.02 Å². The van der Waals surface area contributed by atoms with Crippen molar-refractivity contribution in [3.63, 3.8) is 0 Å². The molecule has 0 bridgehead atoms. The van der Waals surface area contributed by atoms with Crippen molar-refractivity contribution in [2.75, 3.05) is 4.90 Å². The van der Waals surface area contributed by atoms with Gasteiger partial charge in [0.05, 0.1) is 15.1 Å². The predicted octanol–water partition coefficient (Wildman–Crippen LogP) is 3.81. The van der Waals surface area contributed by atoms with E-state index in [9.17, 15) is 24.8 Å². The number of non-ortho nitro benzene ring substituents is 1. The number of benzene rings is 2. The zero-order valence-corrected chi connectivity index (χ0v) is 15.1. The molecule has 1 heterocycles. The molecule has 2 aromatic rings. The molecule has 26 heavy (non-hydrogen) atoms. The van der Waals surface area contributed by atoms with Gasteiger partial charge in [-0.3, -0.25) is 14.9 Å². The number of hydrogen-bond acceptors (Lipinski definition) is 5. The minimum Gasteiger partial charge on any atom is -0.506 e. The van der Waals surface area contributed by atoms with Gasteiger partial charge in [-0.05, 0) is 40.2 Å². The zero-order valence-electron chi connectivity index (χ0n) is 12.8. The fourth-order valence-electron chi connectivity index (χ4n) is 2.36. The van der Waals surface area contributed by atoms with E-state index in [1.54, 1.807) is 12.1 Å². The maximum absolute atomic E-state index is 12.6. The van der Waals surface area contributed by atoms with Crippen molar-refractivity contribution < 1.29 is 19.6 Å². The van der Waals surface area contributed by atoms with Gasteiger partial charge < -0.3 is 10.4 Å². The summed E-state index contributed by atoms with van der Waals surface area (Å²) in [6, 6.07) is 7.69. The highest BCUT2D eigenvalue weighted by Gasteiger charge is 2.35. The number of imide groups is 1. The summed E-state index contributed by atoms with van der Waals surface area (Å²) in [4.78, 5) is 35.9. The molecule has 1 fully saturated rings. The monoisotopic (exact) mass is 437 g/mol. The number of nitrogens with zero attached hydrogens (tertiary/aromatic N) is 2. The fourth-order valence-corrected chi connectivity index (χ4v) is 3.01. The van der Waals surface area contributed by atoms with E-state index in [1.807, 2.05) is 0 Å². The second-order valence-electron chi connectivity index (χ2n) is 5.23. The molecule has 0 spiro atoms. The molecule has 132 valence electrons. The molecule has 1 aliphatic rings. The highest BCUT2D eigenvalue weighted by Crippen LogP contribution is 2.34. The number of phenols is 1. The van der Waals surface area contributed by atoms with Crippen LogP contribution in [0.5, 0.6) is 5.75 Å². The lowest BCUT2D eigenvalue weighted by Gasteiger charge is -2.11. The summed E-state index contributed by atoms with van der Waals surface area (Å²) < 4.78 is 0.0852. The van der Waals surface area contributed by atoms with Gasteiger partial charge in [0.15, 0.2) is 0 Å². The molecule has 0 aromatic heterocycles. The molecule has 3 amide bonds. The van der Waals surface area contributed by atoms with Crippen LogP contribution in [0.3, 0.4) is 0 Å². The third kappa shape index (κ3) is 3.26. The fraction of sp³-hybridized carbons (Fsp3) is 0. The summed E-state index contributed by atoms with van der Waals surface area (Å²) in [6.07, 6.45) is 1.16. The first-order valence-electron chi connectivity index (χ1n) is 7.07. The second-order valence-corrected chi connectivity index (χ2v) is 6.52. The first-order valence-corrected chi connectivity index (χ1v) is 8.24. The first kappa shape index (κ1) is 17.9. The Bertz CT molecular complexity index is 992. The maximum atomic E-state index is 12.6. The smallest absolute Gasteiger partial charge is 0.333 e. The third-order valence-corrected chi connectivity index (χ3v) is 4.37. The quantitative estimate of drug-likeness (QED) is 0.327. The molecular formula is C16H9BrClN3O5. The Morgan fingerprint density at radius 2 is 2.00 bits per heavy atom. The van der Waals surface area contributed by atoms with Crippen molar-refractivity contribution in [3.8, 4) is 5.75 Å². The lowest BCUT2D eigenvalue weighted by Crippen LogP contribution is -2.30. The SMILES string of the molecule is O=C1N/C(=C/c2cc([N+](=O)[O-])cc(Br)c2O)C(=O)N1c1cccc(Cl)c1. The Morgan fingerprint density at radius 3 is 2.65 bits per heavy atom. The van der Waals surface area contributed by atoms with Gasteiger partial charge in [-0.1, -0.05) is 17.7 Å². The molecule has 1 aliphatic heterocycles. The number of rotatable bonds is 3. The number of hydrogen-bond donors (Lipinski definition) is 2. The van der Waals surface area contributed by atoms with Crippen LogP contribution in [0.25, 0.3) is 6.08 Å². The summed E-state index contributed by atoms with van der Waals surface area (Å²) in [5.74, 6) is -0.981. The minimum absolute atomic E-state index is 0.00247. The summed E-state index contributed by atoms with van der Waals surface area (Å²) in [5.41, 5.74) is -0.154. The number of aromatic hydroxyl groups is 1. The van der Waals surface area contributed by atoms with Gasteiger partial charge >= 0.3 is 6.03 Å². The van der Waals surface area contributed by atoms with E-state index in [4.69, 9.17) is 11.6 Å². The number of urea groups is 1. The molecule has 10 heteroatoms. The highest BCUT2D eigenvalue weighted by molar-refractivity contribution is 9.10. The molecule has 0 atom stereocenters. The standard InChI is InChI=1S/C16H9BrClN3O5/c17-12-7-11(21(25)26)4-8(14(12)22)5-13-15(23)20(16(24)19-13)10-3-1-2-9(18)6-10/h1-7,22H,(H,19,24)/b13-5+. The van der Waals surface area contributed by atoms with Gasteiger partial charge in [-0.15, -0.1) is 0 Å². The van der Waals surface area contributed by atoms with Gasteiger partial charge in [0.25, 0.3) is 11.6 Å². The lowest BCUT2D eigenvalue weighted by molar-refractivity contribution is -0.385. The molecule has 3 rings (SSSR count). The van der Waals surface area contributed by atoms with E-state index >= 15 is 0 Å². The van der Waals surface area contributed by atoms with Crippen LogP contribution in [-0.2, 0) is 4.79 Å². The average Bonchev–Trinajstić information content (AvgIpc) is 2.85. The number of phenolic OH excluding ortho intramolecular Hbond substituents is 1. The van der Waals surface area contributed by atoms with Crippen LogP contribution in [-0.4, -0.2) is 22.0 Å². The summed E-state index contributed by atoms with van der Waals surface area (Å²) >= 11 is 8.90. The first-order chi connectivity index (χ1) is 12.3. The van der Waals surface area contributed by atoms with Crippen molar-refractivity contribution in [2.24, 2.45) is 0 Å². The van der Waals surface area contributed by atoms with E-state index in [0.29, 0.717) is 5.02 Å². The number of nitro benzene ring substituents is 1. The molecule has 0 aliphatic carbocycles. The molecule has 2 N–H and O–H groups in total. The number of halogens is 2. The van der Waals surface area contributed by atoms with Crippen LogP contribution >= 0.6 is 27.5 Å². The molecule has 0 radical (unpaired) electrons. The van der Waals surface area contributed by atoms with Crippen LogP contribution < -0.4 is 10.2 Å². The Labute approximate surface area is 160 Å². The van der Waals surface area contributed by atoms with Crippen molar-refractivity contribution in [2.45, 2.75) is 0 Å². The van der Waals surface area contributed by atoms with E-state index < -0.39 is 16.9 Å². The Hall–Kier alpha value is -2.91. The van der Waals surface area contributed by atoms with Crippen LogP contribution in [0, 0.1) is 10.1 Å². The van der Waals surface area contributed by atoms with Gasteiger partial charge in [0.2, 0.25) is 0 Å².